The molecule has 0 unspecified atom stereocenters. The highest BCUT2D eigenvalue weighted by Crippen LogP contribution is 2.27. The smallest absolute Gasteiger partial charge is 0.0132 e. The zero-order chi connectivity index (χ0) is 7.89. The summed E-state index contributed by atoms with van der Waals surface area (Å²) in [6.07, 6.45) is 0. The Balaban J connectivity index is 3.22. The molecule has 0 radical (unpaired) electrons. The van der Waals surface area contributed by atoms with Crippen LogP contribution in [0.15, 0.2) is 22.3 Å². The normalized spacial score (nSPS) is 19.4. The highest BCUT2D eigenvalue weighted by Gasteiger charge is 2.14. The van der Waals surface area contributed by atoms with Gasteiger partial charge in [-0.15, -0.1) is 0 Å². The summed E-state index contributed by atoms with van der Waals surface area (Å²) in [5.74, 6) is 0. The van der Waals surface area contributed by atoms with E-state index in [0.29, 0.717) is 0 Å². The molecule has 0 saturated carbocycles. The van der Waals surface area contributed by atoms with Crippen molar-refractivity contribution in [2.24, 2.45) is 0 Å². The molecule has 0 bridgehead atoms. The molecule has 1 heteroatoms. The molecule has 0 atom stereocenters. The van der Waals surface area contributed by atoms with E-state index in [9.17, 15) is 0 Å². The van der Waals surface area contributed by atoms with E-state index in [4.69, 9.17) is 0 Å². The second kappa shape index (κ2) is 2.31. The summed E-state index contributed by atoms with van der Waals surface area (Å²) in [7, 11) is 2.00. The van der Waals surface area contributed by atoms with Crippen LogP contribution in [0.25, 0.3) is 0 Å². The molecule has 0 nitrogen and oxygen atoms in total. The lowest BCUT2D eigenvalue weighted by molar-refractivity contribution is 1.31. The van der Waals surface area contributed by atoms with Crippen molar-refractivity contribution in [1.29, 1.82) is 0 Å². The molecule has 0 saturated heterocycles. The molecule has 0 N–H and O–H groups in total. The van der Waals surface area contributed by atoms with Crippen molar-refractivity contribution in [1.82, 2.24) is 0 Å². The molecule has 10 heavy (non-hydrogen) atoms. The van der Waals surface area contributed by atoms with Crippen LogP contribution in [-0.2, 0) is 0 Å². The summed E-state index contributed by atoms with van der Waals surface area (Å²) in [5, 5.41) is 1.50. The van der Waals surface area contributed by atoms with Gasteiger partial charge in [0.25, 0.3) is 0 Å². The van der Waals surface area contributed by atoms with Gasteiger partial charge in [0, 0.05) is 0 Å². The molecule has 1 rings (SSSR count). The van der Waals surface area contributed by atoms with Crippen LogP contribution >= 0.6 is 0 Å². The second-order valence-corrected chi connectivity index (χ2v) is 3.69. The molecule has 54 valence electrons. The van der Waals surface area contributed by atoms with Gasteiger partial charge < -0.3 is 0 Å². The van der Waals surface area contributed by atoms with E-state index in [1.54, 1.807) is 0 Å². The van der Waals surface area contributed by atoms with E-state index >= 15 is 0 Å². The molecule has 0 aliphatic heterocycles. The maximum absolute atomic E-state index is 2.21. The van der Waals surface area contributed by atoms with Gasteiger partial charge in [-0.05, 0) is 65.0 Å². The Bertz CT molecular complexity index is 228. The van der Waals surface area contributed by atoms with E-state index in [-0.39, 0.29) is 0 Å². The van der Waals surface area contributed by atoms with Crippen molar-refractivity contribution >= 4 is 15.0 Å². The molecular weight excluding hydrogens is 136 g/mol. The van der Waals surface area contributed by atoms with E-state index in [1.807, 2.05) is 9.85 Å². The van der Waals surface area contributed by atoms with Gasteiger partial charge in [0.15, 0.2) is 0 Å². The molecule has 0 heterocycles. The van der Waals surface area contributed by atoms with Gasteiger partial charge in [-0.1, -0.05) is 0 Å². The van der Waals surface area contributed by atoms with E-state index < -0.39 is 0 Å². The van der Waals surface area contributed by atoms with Gasteiger partial charge in [0.05, 0.1) is 0 Å². The molecule has 0 aromatic carbocycles. The lowest BCUT2D eigenvalue weighted by Gasteiger charge is -1.97. The number of allylic oxidation sites excluding steroid dienone is 4. The predicted octanol–water partition coefficient (Wildman–Crippen LogP) is 1.48. The van der Waals surface area contributed by atoms with Gasteiger partial charge in [-0.2, -0.15) is 0 Å². The molecule has 0 aromatic rings. The van der Waals surface area contributed by atoms with Gasteiger partial charge in [-0.25, -0.2) is 0 Å². The van der Waals surface area contributed by atoms with Crippen LogP contribution in [0.2, 0.25) is 0 Å². The Morgan fingerprint density at radius 3 is 1.10 bits per heavy atom. The zero-order valence-corrected chi connectivity index (χ0v) is 8.62. The summed E-state index contributed by atoms with van der Waals surface area (Å²) in [6.45, 7) is 8.82. The lowest BCUT2D eigenvalue weighted by atomic mass is 10.1. The fourth-order valence-corrected chi connectivity index (χ4v) is 1.83. The van der Waals surface area contributed by atoms with Crippen molar-refractivity contribution < 1.29 is 0 Å². The maximum Gasteiger partial charge on any atom is -0.0132 e. The minimum Gasteiger partial charge on any atom is -0.0473 e. The molecular formula is C9H14Si. The van der Waals surface area contributed by atoms with Crippen molar-refractivity contribution in [3.63, 3.8) is 0 Å². The van der Waals surface area contributed by atoms with Crippen molar-refractivity contribution in [2.45, 2.75) is 27.7 Å². The van der Waals surface area contributed by atoms with Gasteiger partial charge in [0.2, 0.25) is 0 Å². The Morgan fingerprint density at radius 2 is 1.00 bits per heavy atom. The van der Waals surface area contributed by atoms with E-state index in [0.717, 1.165) is 0 Å². The van der Waals surface area contributed by atoms with Crippen molar-refractivity contribution in [2.75, 3.05) is 0 Å². The third kappa shape index (κ3) is 0.852. The van der Waals surface area contributed by atoms with Gasteiger partial charge in [0.1, 0.15) is 0 Å². The highest BCUT2D eigenvalue weighted by molar-refractivity contribution is 6.50. The number of rotatable bonds is 0. The summed E-state index contributed by atoms with van der Waals surface area (Å²) < 4.78 is 0. The average molecular weight is 150 g/mol. The van der Waals surface area contributed by atoms with Crippen LogP contribution in [-0.4, -0.2) is 15.0 Å². The molecule has 1 aliphatic rings. The van der Waals surface area contributed by atoms with Crippen LogP contribution in [0.3, 0.4) is 0 Å². The number of hydrogen-bond donors (Lipinski definition) is 0. The van der Waals surface area contributed by atoms with Crippen molar-refractivity contribution in [3.8, 4) is 0 Å². The third-order valence-electron chi connectivity index (χ3n) is 2.59. The largest absolute Gasteiger partial charge is 0.0473 e. The average Bonchev–Trinajstić information content (AvgIpc) is 2.07. The quantitative estimate of drug-likeness (QED) is 0.459. The zero-order valence-electron chi connectivity index (χ0n) is 7.21. The molecule has 0 fully saturated rings. The Labute approximate surface area is 65.7 Å². The molecule has 0 spiro atoms. The molecule has 1 aliphatic carbocycles. The van der Waals surface area contributed by atoms with Gasteiger partial charge in [-0.3, -0.25) is 0 Å². The summed E-state index contributed by atoms with van der Waals surface area (Å²) >= 11 is 0. The second-order valence-electron chi connectivity index (χ2n) is 2.98. The van der Waals surface area contributed by atoms with Crippen LogP contribution in [0.4, 0.5) is 0 Å². The first-order valence-electron chi connectivity index (χ1n) is 3.60. The molecule has 0 aromatic heterocycles. The number of hydrogen-bond acceptors (Lipinski definition) is 0. The van der Waals surface area contributed by atoms with Crippen LogP contribution in [0, 0.1) is 0 Å². The minimum absolute atomic E-state index is 1.47. The first kappa shape index (κ1) is 7.67. The fourth-order valence-electron chi connectivity index (χ4n) is 1.30. The van der Waals surface area contributed by atoms with Crippen LogP contribution in [0.1, 0.15) is 27.7 Å². The summed E-state index contributed by atoms with van der Waals surface area (Å²) in [4.78, 5) is 0. The topological polar surface area (TPSA) is 0 Å². The first-order valence-corrected chi connectivity index (χ1v) is 4.31. The van der Waals surface area contributed by atoms with E-state index in [1.165, 1.54) is 27.5 Å². The monoisotopic (exact) mass is 150 g/mol. The van der Waals surface area contributed by atoms with Crippen molar-refractivity contribution in [3.05, 3.63) is 22.3 Å². The van der Waals surface area contributed by atoms with Gasteiger partial charge >= 0.3 is 0 Å². The van der Waals surface area contributed by atoms with Crippen LogP contribution < -0.4 is 0 Å². The summed E-state index contributed by atoms with van der Waals surface area (Å²) in [6, 6.07) is 0. The first-order chi connectivity index (χ1) is 4.55. The standard InChI is InChI=1S/C9H14Si/c1-5-6(2)8(4)9(10)7(5)3/h10H2,1-4H3. The SMILES string of the molecule is CC1=C(C)C(C)=C(C)C1=[SiH2]. The Morgan fingerprint density at radius 1 is 0.700 bits per heavy atom. The predicted molar refractivity (Wildman–Crippen MR) is 50.3 cm³/mol. The third-order valence-corrected chi connectivity index (χ3v) is 3.65. The lowest BCUT2D eigenvalue weighted by Crippen LogP contribution is -1.96. The maximum atomic E-state index is 2.21. The molecule has 0 amide bonds. The fraction of sp³-hybridized carbons (Fsp3) is 0.444. The van der Waals surface area contributed by atoms with Crippen LogP contribution in [0.5, 0.6) is 0 Å². The highest BCUT2D eigenvalue weighted by atomic mass is 28.1. The Kier molecular flexibility index (Phi) is 1.77. The van der Waals surface area contributed by atoms with E-state index in [2.05, 4.69) is 27.7 Å². The Hall–Kier alpha value is -0.433. The minimum atomic E-state index is 1.47. The summed E-state index contributed by atoms with van der Waals surface area (Å²) in [5.41, 5.74) is 5.91.